The molecule has 0 atom stereocenters. The first kappa shape index (κ1) is 15.6. The van der Waals surface area contributed by atoms with Gasteiger partial charge >= 0.3 is 0 Å². The summed E-state index contributed by atoms with van der Waals surface area (Å²) in [7, 11) is -3.07. The Kier molecular flexibility index (Phi) is 6.25. The largest absolute Gasteiger partial charge is 0.363 e. The molecule has 0 saturated carbocycles. The Morgan fingerprint density at radius 2 is 1.88 bits per heavy atom. The van der Waals surface area contributed by atoms with E-state index in [1.807, 2.05) is 0 Å². The van der Waals surface area contributed by atoms with E-state index in [1.54, 1.807) is 13.8 Å². The quantitative estimate of drug-likeness (QED) is 0.556. The molecule has 6 heteroatoms. The minimum Gasteiger partial charge on any atom is -0.363 e. The molecule has 96 valence electrons. The third-order valence-corrected chi connectivity index (χ3v) is 4.93. The van der Waals surface area contributed by atoms with Crippen molar-refractivity contribution in [2.24, 2.45) is 0 Å². The van der Waals surface area contributed by atoms with Crippen LogP contribution < -0.4 is 10.6 Å². The van der Waals surface area contributed by atoms with Crippen LogP contribution in [0.3, 0.4) is 0 Å². The lowest BCUT2D eigenvalue weighted by molar-refractivity contribution is 0.545. The van der Waals surface area contributed by atoms with Crippen LogP contribution in [0.2, 0.25) is 0 Å². The van der Waals surface area contributed by atoms with Crippen molar-refractivity contribution in [3.8, 4) is 0 Å². The summed E-state index contributed by atoms with van der Waals surface area (Å²) in [6.07, 6.45) is 3.39. The zero-order valence-electron chi connectivity index (χ0n) is 10.5. The van der Waals surface area contributed by atoms with Gasteiger partial charge in [-0.1, -0.05) is 13.3 Å². The van der Waals surface area contributed by atoms with Gasteiger partial charge in [0.05, 0.1) is 4.75 Å². The highest BCUT2D eigenvalue weighted by Gasteiger charge is 2.29. The van der Waals surface area contributed by atoms with Crippen LogP contribution in [0.4, 0.5) is 0 Å². The van der Waals surface area contributed by atoms with E-state index in [-0.39, 0.29) is 0 Å². The maximum Gasteiger partial charge on any atom is 0.166 e. The number of sulfone groups is 1. The van der Waals surface area contributed by atoms with Gasteiger partial charge in [0.1, 0.15) is 0 Å². The van der Waals surface area contributed by atoms with Crippen LogP contribution in [0.25, 0.3) is 0 Å². The van der Waals surface area contributed by atoms with Gasteiger partial charge in [0.25, 0.3) is 0 Å². The maximum atomic E-state index is 11.4. The highest BCUT2D eigenvalue weighted by Crippen LogP contribution is 2.13. The molecule has 0 aliphatic rings. The van der Waals surface area contributed by atoms with Crippen molar-refractivity contribution in [1.29, 1.82) is 0 Å². The van der Waals surface area contributed by atoms with Gasteiger partial charge in [0.15, 0.2) is 14.9 Å². The molecule has 0 aromatic heterocycles. The van der Waals surface area contributed by atoms with Crippen LogP contribution in [0.1, 0.15) is 33.6 Å². The van der Waals surface area contributed by atoms with Gasteiger partial charge in [-0.05, 0) is 32.5 Å². The van der Waals surface area contributed by atoms with E-state index in [9.17, 15) is 8.42 Å². The van der Waals surface area contributed by atoms with E-state index >= 15 is 0 Å². The Balaban J connectivity index is 4.01. The van der Waals surface area contributed by atoms with Crippen molar-refractivity contribution in [3.05, 3.63) is 0 Å². The number of hydrogen-bond acceptors (Lipinski definition) is 3. The summed E-state index contributed by atoms with van der Waals surface area (Å²) in [5, 5.41) is 6.48. The van der Waals surface area contributed by atoms with Gasteiger partial charge in [-0.2, -0.15) is 0 Å². The highest BCUT2D eigenvalue weighted by atomic mass is 32.2. The number of hydrogen-bond donors (Lipinski definition) is 2. The van der Waals surface area contributed by atoms with Crippen LogP contribution in [-0.4, -0.2) is 37.6 Å². The van der Waals surface area contributed by atoms with Crippen LogP contribution in [0, 0.1) is 0 Å². The van der Waals surface area contributed by atoms with E-state index in [0.29, 0.717) is 11.7 Å². The van der Waals surface area contributed by atoms with Crippen molar-refractivity contribution in [3.63, 3.8) is 0 Å². The van der Waals surface area contributed by atoms with Crippen LogP contribution in [0.5, 0.6) is 0 Å². The molecule has 0 aromatic rings. The predicted molar refractivity (Wildman–Crippen MR) is 72.4 cm³/mol. The van der Waals surface area contributed by atoms with E-state index in [4.69, 9.17) is 12.2 Å². The number of thiocarbonyl (C=S) groups is 1. The smallest absolute Gasteiger partial charge is 0.166 e. The average Bonchev–Trinajstić information content (AvgIpc) is 2.13. The fraction of sp³-hybridized carbons (Fsp3) is 0.900. The van der Waals surface area contributed by atoms with Crippen molar-refractivity contribution in [2.45, 2.75) is 38.4 Å². The van der Waals surface area contributed by atoms with Gasteiger partial charge in [-0.25, -0.2) is 8.42 Å². The normalized spacial score (nSPS) is 12.2. The summed E-state index contributed by atoms with van der Waals surface area (Å²) in [4.78, 5) is 0. The van der Waals surface area contributed by atoms with Crippen LogP contribution in [0.15, 0.2) is 0 Å². The lowest BCUT2D eigenvalue weighted by Gasteiger charge is -2.23. The Bertz CT molecular complexity index is 324. The Labute approximate surface area is 104 Å². The topological polar surface area (TPSA) is 58.2 Å². The summed E-state index contributed by atoms with van der Waals surface area (Å²) < 4.78 is 22.0. The number of rotatable bonds is 6. The van der Waals surface area contributed by atoms with E-state index in [1.165, 1.54) is 6.26 Å². The fourth-order valence-corrected chi connectivity index (χ4v) is 1.37. The molecule has 0 fully saturated rings. The van der Waals surface area contributed by atoms with Gasteiger partial charge in [0.2, 0.25) is 0 Å². The molecular weight excluding hydrogens is 244 g/mol. The predicted octanol–water partition coefficient (Wildman–Crippen LogP) is 1.07. The first-order valence-electron chi connectivity index (χ1n) is 5.42. The minimum absolute atomic E-state index is 0.323. The second-order valence-corrected chi connectivity index (χ2v) is 7.55. The van der Waals surface area contributed by atoms with Crippen molar-refractivity contribution in [2.75, 3.05) is 19.3 Å². The Morgan fingerprint density at radius 1 is 1.31 bits per heavy atom. The summed E-state index contributed by atoms with van der Waals surface area (Å²) in [6.45, 7) is 6.62. The highest BCUT2D eigenvalue weighted by molar-refractivity contribution is 7.92. The number of nitrogens with one attached hydrogen (secondary N) is 2. The molecule has 0 spiro atoms. The standard InChI is InChI=1S/C10H22N2O2S2/c1-5-6-7-11-9(15)12-8-10(2,3)16(4,13)14/h5-8H2,1-4H3,(H2,11,12,15). The van der Waals surface area contributed by atoms with Gasteiger partial charge < -0.3 is 10.6 Å². The first-order valence-corrected chi connectivity index (χ1v) is 7.72. The lowest BCUT2D eigenvalue weighted by atomic mass is 10.2. The first-order chi connectivity index (χ1) is 7.20. The summed E-state index contributed by atoms with van der Waals surface area (Å²) in [6, 6.07) is 0. The van der Waals surface area contributed by atoms with Gasteiger partial charge in [-0.15, -0.1) is 0 Å². The van der Waals surface area contributed by atoms with E-state index in [0.717, 1.165) is 19.4 Å². The van der Waals surface area contributed by atoms with Gasteiger partial charge in [0, 0.05) is 19.3 Å². The molecule has 0 aliphatic heterocycles. The number of unbranched alkanes of at least 4 members (excludes halogenated alkanes) is 1. The molecule has 0 unspecified atom stereocenters. The lowest BCUT2D eigenvalue weighted by Crippen LogP contribution is -2.46. The van der Waals surface area contributed by atoms with E-state index < -0.39 is 14.6 Å². The summed E-state index contributed by atoms with van der Waals surface area (Å²) in [5.74, 6) is 0. The van der Waals surface area contributed by atoms with Crippen molar-refractivity contribution in [1.82, 2.24) is 10.6 Å². The third-order valence-electron chi connectivity index (χ3n) is 2.49. The van der Waals surface area contributed by atoms with E-state index in [2.05, 4.69) is 17.6 Å². The minimum atomic E-state index is -3.07. The molecule has 0 aromatic carbocycles. The second kappa shape index (κ2) is 6.39. The molecule has 4 nitrogen and oxygen atoms in total. The van der Waals surface area contributed by atoms with Crippen LogP contribution >= 0.6 is 12.2 Å². The monoisotopic (exact) mass is 266 g/mol. The molecule has 2 N–H and O–H groups in total. The molecule has 0 radical (unpaired) electrons. The molecule has 0 heterocycles. The Hall–Kier alpha value is -0.360. The molecule has 0 rings (SSSR count). The average molecular weight is 266 g/mol. The molecular formula is C10H22N2O2S2. The maximum absolute atomic E-state index is 11.4. The molecule has 0 saturated heterocycles. The molecule has 0 bridgehead atoms. The Morgan fingerprint density at radius 3 is 2.31 bits per heavy atom. The SMILES string of the molecule is CCCCNC(=S)NCC(C)(C)S(C)(=O)=O. The molecule has 16 heavy (non-hydrogen) atoms. The molecule has 0 amide bonds. The molecule has 0 aliphatic carbocycles. The van der Waals surface area contributed by atoms with Crippen molar-refractivity contribution >= 4 is 27.2 Å². The van der Waals surface area contributed by atoms with Crippen molar-refractivity contribution < 1.29 is 8.42 Å². The summed E-state index contributed by atoms with van der Waals surface area (Å²) >= 11 is 5.04. The second-order valence-electron chi connectivity index (χ2n) is 4.49. The third kappa shape index (κ3) is 5.65. The summed E-state index contributed by atoms with van der Waals surface area (Å²) in [5.41, 5.74) is 0. The van der Waals surface area contributed by atoms with Gasteiger partial charge in [-0.3, -0.25) is 0 Å². The zero-order valence-corrected chi connectivity index (χ0v) is 12.1. The zero-order chi connectivity index (χ0) is 12.8. The van der Waals surface area contributed by atoms with Crippen LogP contribution in [-0.2, 0) is 9.84 Å². The fourth-order valence-electron chi connectivity index (χ4n) is 0.865.